The lowest BCUT2D eigenvalue weighted by Gasteiger charge is -2.29. The molecule has 0 radical (unpaired) electrons. The van der Waals surface area contributed by atoms with Crippen molar-refractivity contribution in [3.05, 3.63) is 34.4 Å². The molecule has 1 fully saturated rings. The fourth-order valence-corrected chi connectivity index (χ4v) is 2.89. The van der Waals surface area contributed by atoms with Crippen molar-refractivity contribution in [2.75, 3.05) is 0 Å². The summed E-state index contributed by atoms with van der Waals surface area (Å²) in [6, 6.07) is 3.52. The number of nitrogens with one attached hydrogen (secondary N) is 1. The summed E-state index contributed by atoms with van der Waals surface area (Å²) in [7, 11) is 0. The highest BCUT2D eigenvalue weighted by Gasteiger charge is 2.39. The first kappa shape index (κ1) is 14.7. The van der Waals surface area contributed by atoms with Gasteiger partial charge >= 0.3 is 5.97 Å². The van der Waals surface area contributed by atoms with Gasteiger partial charge in [0.05, 0.1) is 11.1 Å². The summed E-state index contributed by atoms with van der Waals surface area (Å²) in [5, 5.41) is 20.3. The van der Waals surface area contributed by atoms with Crippen LogP contribution in [0.15, 0.2) is 12.1 Å². The average Bonchev–Trinajstić information content (AvgIpc) is 2.82. The number of aromatic carboxylic acids is 1. The fourth-order valence-electron chi connectivity index (χ4n) is 2.89. The monoisotopic (exact) mass is 313 g/mol. The van der Waals surface area contributed by atoms with Crippen LogP contribution >= 0.6 is 0 Å². The van der Waals surface area contributed by atoms with E-state index >= 15 is 0 Å². The van der Waals surface area contributed by atoms with E-state index in [1.807, 2.05) is 0 Å². The number of carbonyl (C=O) groups excluding carboxylic acids is 3. The number of piperidine rings is 1. The van der Waals surface area contributed by atoms with E-state index in [0.717, 1.165) is 0 Å². The van der Waals surface area contributed by atoms with E-state index in [2.05, 4.69) is 5.32 Å². The molecule has 3 amide bonds. The minimum atomic E-state index is -1.25. The molecule has 2 aliphatic rings. The lowest BCUT2D eigenvalue weighted by molar-refractivity contribution is -0.136. The van der Waals surface area contributed by atoms with Crippen LogP contribution in [-0.4, -0.2) is 39.7 Å². The molecule has 1 saturated heterocycles. The van der Waals surface area contributed by atoms with E-state index in [4.69, 9.17) is 10.4 Å². The second kappa shape index (κ2) is 5.21. The Labute approximate surface area is 130 Å². The molecule has 2 aliphatic heterocycles. The second-order valence-electron chi connectivity index (χ2n) is 5.37. The minimum absolute atomic E-state index is 0.0758. The number of carboxylic acid groups (broad SMARTS) is 1. The second-order valence-corrected chi connectivity index (χ2v) is 5.37. The van der Waals surface area contributed by atoms with Crippen molar-refractivity contribution in [2.45, 2.75) is 25.4 Å². The largest absolute Gasteiger partial charge is 0.478 e. The summed E-state index contributed by atoms with van der Waals surface area (Å²) >= 11 is 0. The van der Waals surface area contributed by atoms with Crippen molar-refractivity contribution in [1.29, 1.82) is 5.26 Å². The van der Waals surface area contributed by atoms with Gasteiger partial charge in [-0.05, 0) is 24.1 Å². The molecule has 3 rings (SSSR count). The maximum absolute atomic E-state index is 12.5. The van der Waals surface area contributed by atoms with Gasteiger partial charge in [-0.15, -0.1) is 0 Å². The van der Waals surface area contributed by atoms with Crippen LogP contribution < -0.4 is 5.32 Å². The van der Waals surface area contributed by atoms with E-state index in [0.29, 0.717) is 5.56 Å². The molecule has 1 atom stereocenters. The number of hydrogen-bond donors (Lipinski definition) is 2. The Morgan fingerprint density at radius 3 is 2.70 bits per heavy atom. The van der Waals surface area contributed by atoms with Crippen LogP contribution in [0, 0.1) is 11.3 Å². The maximum Gasteiger partial charge on any atom is 0.337 e. The molecule has 1 unspecified atom stereocenters. The molecule has 0 saturated carbocycles. The van der Waals surface area contributed by atoms with Gasteiger partial charge in [-0.25, -0.2) is 4.79 Å². The summed E-state index contributed by atoms with van der Waals surface area (Å²) in [6.07, 6.45) is 0.363. The number of benzene rings is 1. The molecular weight excluding hydrogens is 302 g/mol. The minimum Gasteiger partial charge on any atom is -0.478 e. The highest BCUT2D eigenvalue weighted by Crippen LogP contribution is 2.29. The molecule has 2 heterocycles. The Bertz CT molecular complexity index is 808. The topological polar surface area (TPSA) is 128 Å². The van der Waals surface area contributed by atoms with Crippen LogP contribution in [0.5, 0.6) is 0 Å². The first-order valence-corrected chi connectivity index (χ1v) is 6.87. The maximum atomic E-state index is 12.5. The zero-order valence-corrected chi connectivity index (χ0v) is 11.8. The van der Waals surface area contributed by atoms with Gasteiger partial charge in [-0.2, -0.15) is 5.26 Å². The lowest BCUT2D eigenvalue weighted by atomic mass is 10.0. The van der Waals surface area contributed by atoms with E-state index in [9.17, 15) is 19.2 Å². The third kappa shape index (κ3) is 2.32. The van der Waals surface area contributed by atoms with Gasteiger partial charge in [0.1, 0.15) is 12.1 Å². The molecule has 8 nitrogen and oxygen atoms in total. The van der Waals surface area contributed by atoms with E-state index in [-0.39, 0.29) is 42.0 Å². The van der Waals surface area contributed by atoms with Crippen LogP contribution in [-0.2, 0) is 16.1 Å². The van der Waals surface area contributed by atoms with Crippen molar-refractivity contribution in [3.8, 4) is 6.07 Å². The van der Waals surface area contributed by atoms with Gasteiger partial charge in [0.15, 0.2) is 0 Å². The third-order valence-electron chi connectivity index (χ3n) is 4.01. The number of hydrogen-bond acceptors (Lipinski definition) is 5. The normalized spacial score (nSPS) is 20.0. The smallest absolute Gasteiger partial charge is 0.337 e. The first-order valence-electron chi connectivity index (χ1n) is 6.87. The van der Waals surface area contributed by atoms with E-state index in [1.165, 1.54) is 17.0 Å². The van der Waals surface area contributed by atoms with Crippen LogP contribution in [0.4, 0.5) is 0 Å². The molecule has 2 N–H and O–H groups in total. The molecule has 116 valence electrons. The molecular formula is C15H11N3O5. The highest BCUT2D eigenvalue weighted by molar-refractivity contribution is 6.06. The van der Waals surface area contributed by atoms with Crippen molar-refractivity contribution >= 4 is 23.7 Å². The zero-order valence-electron chi connectivity index (χ0n) is 11.8. The Morgan fingerprint density at radius 2 is 2.09 bits per heavy atom. The lowest BCUT2D eigenvalue weighted by Crippen LogP contribution is -2.52. The molecule has 0 aliphatic carbocycles. The summed E-state index contributed by atoms with van der Waals surface area (Å²) in [4.78, 5) is 48.1. The Hall–Kier alpha value is -3.21. The standard InChI is InChI=1S/C15H11N3O5/c16-5-7-3-9-8(4-10(7)15(22)23)6-18(14(9)21)11-1-2-12(19)17-13(11)20/h3-4,11H,1-2,6H2,(H,22,23)(H,17,19,20). The molecule has 0 bridgehead atoms. The Kier molecular flexibility index (Phi) is 3.33. The Morgan fingerprint density at radius 1 is 1.35 bits per heavy atom. The fraction of sp³-hybridized carbons (Fsp3) is 0.267. The summed E-state index contributed by atoms with van der Waals surface area (Å²) in [5.41, 5.74) is 0.395. The van der Waals surface area contributed by atoms with Gasteiger partial charge in [0.25, 0.3) is 5.91 Å². The van der Waals surface area contributed by atoms with Gasteiger partial charge in [-0.3, -0.25) is 19.7 Å². The van der Waals surface area contributed by atoms with Crippen molar-refractivity contribution < 1.29 is 24.3 Å². The van der Waals surface area contributed by atoms with Gasteiger partial charge in [-0.1, -0.05) is 0 Å². The first-order chi connectivity index (χ1) is 10.9. The number of nitriles is 1. The molecule has 0 spiro atoms. The molecule has 8 heteroatoms. The number of amides is 3. The van der Waals surface area contributed by atoms with Crippen molar-refractivity contribution in [2.24, 2.45) is 0 Å². The molecule has 1 aromatic rings. The zero-order chi connectivity index (χ0) is 16.7. The van der Waals surface area contributed by atoms with Gasteiger partial charge < -0.3 is 10.0 Å². The van der Waals surface area contributed by atoms with Crippen LogP contribution in [0.3, 0.4) is 0 Å². The summed E-state index contributed by atoms with van der Waals surface area (Å²) in [5.74, 6) is -2.61. The van der Waals surface area contributed by atoms with E-state index < -0.39 is 23.8 Å². The summed E-state index contributed by atoms with van der Waals surface area (Å²) < 4.78 is 0. The predicted octanol–water partition coefficient (Wildman–Crippen LogP) is 0.0175. The molecule has 1 aromatic carbocycles. The average molecular weight is 313 g/mol. The number of rotatable bonds is 2. The number of nitrogens with zero attached hydrogens (tertiary/aromatic N) is 2. The van der Waals surface area contributed by atoms with Crippen LogP contribution in [0.25, 0.3) is 0 Å². The van der Waals surface area contributed by atoms with Crippen molar-refractivity contribution in [3.63, 3.8) is 0 Å². The predicted molar refractivity (Wildman–Crippen MR) is 74.2 cm³/mol. The number of carbonyl (C=O) groups is 4. The third-order valence-corrected chi connectivity index (χ3v) is 4.01. The number of carboxylic acids is 1. The number of imide groups is 1. The van der Waals surface area contributed by atoms with E-state index in [1.54, 1.807) is 6.07 Å². The number of fused-ring (bicyclic) bond motifs is 1. The highest BCUT2D eigenvalue weighted by atomic mass is 16.4. The van der Waals surface area contributed by atoms with Crippen LogP contribution in [0.2, 0.25) is 0 Å². The van der Waals surface area contributed by atoms with Crippen molar-refractivity contribution in [1.82, 2.24) is 10.2 Å². The molecule has 0 aromatic heterocycles. The van der Waals surface area contributed by atoms with Crippen LogP contribution in [0.1, 0.15) is 44.7 Å². The van der Waals surface area contributed by atoms with Gasteiger partial charge in [0.2, 0.25) is 11.8 Å². The molecule has 23 heavy (non-hydrogen) atoms. The SMILES string of the molecule is N#Cc1cc2c(cc1C(=O)O)CN(C1CCC(=O)NC1=O)C2=O. The Balaban J connectivity index is 1.96. The summed E-state index contributed by atoms with van der Waals surface area (Å²) in [6.45, 7) is 0.0758. The van der Waals surface area contributed by atoms with Gasteiger partial charge in [0, 0.05) is 18.5 Å². The quantitative estimate of drug-likeness (QED) is 0.741.